The predicted octanol–water partition coefficient (Wildman–Crippen LogP) is 2.07. The summed E-state index contributed by atoms with van der Waals surface area (Å²) in [5, 5.41) is 16.1. The molecule has 3 N–H and O–H groups in total. The molecule has 7 nitrogen and oxygen atoms in total. The van der Waals surface area contributed by atoms with Crippen LogP contribution in [0.3, 0.4) is 0 Å². The number of carbonyl (C=O) groups is 2. The first-order chi connectivity index (χ1) is 13.0. The minimum Gasteiger partial charge on any atom is -0.505 e. The number of hydrogen-bond donors (Lipinski definition) is 3. The molecule has 2 aliphatic rings. The molecule has 1 aliphatic carbocycles. The molecule has 2 heterocycles. The largest absolute Gasteiger partial charge is 0.505 e. The molecule has 2 unspecified atom stereocenters. The van der Waals surface area contributed by atoms with Crippen molar-refractivity contribution in [2.24, 2.45) is 5.92 Å². The Morgan fingerprint density at radius 1 is 1.33 bits per heavy atom. The normalized spacial score (nSPS) is 21.6. The molecule has 0 radical (unpaired) electrons. The summed E-state index contributed by atoms with van der Waals surface area (Å²) in [6.45, 7) is 3.18. The van der Waals surface area contributed by atoms with Crippen molar-refractivity contribution in [2.75, 3.05) is 13.1 Å². The van der Waals surface area contributed by atoms with Gasteiger partial charge in [0.1, 0.15) is 17.9 Å². The van der Waals surface area contributed by atoms with Gasteiger partial charge in [-0.2, -0.15) is 0 Å². The van der Waals surface area contributed by atoms with Crippen molar-refractivity contribution in [3.05, 3.63) is 23.5 Å². The van der Waals surface area contributed by atoms with Crippen LogP contribution in [0.5, 0.6) is 5.75 Å². The van der Waals surface area contributed by atoms with E-state index in [2.05, 4.69) is 15.6 Å². The summed E-state index contributed by atoms with van der Waals surface area (Å²) in [7, 11) is 0. The Morgan fingerprint density at radius 3 is 2.81 bits per heavy atom. The maximum absolute atomic E-state index is 12.7. The van der Waals surface area contributed by atoms with E-state index in [1.54, 1.807) is 13.0 Å². The monoisotopic (exact) mass is 375 g/mol. The summed E-state index contributed by atoms with van der Waals surface area (Å²) in [4.78, 5) is 29.4. The summed E-state index contributed by atoms with van der Waals surface area (Å²) in [5.41, 5.74) is 0.512. The zero-order valence-electron chi connectivity index (χ0n) is 15.9. The van der Waals surface area contributed by atoms with Crippen LogP contribution in [0.15, 0.2) is 12.3 Å². The molecule has 1 saturated heterocycles. The van der Waals surface area contributed by atoms with Crippen molar-refractivity contribution in [1.29, 1.82) is 0 Å². The van der Waals surface area contributed by atoms with Gasteiger partial charge < -0.3 is 20.5 Å². The highest BCUT2D eigenvalue weighted by atomic mass is 16.5. The molecule has 148 valence electrons. The van der Waals surface area contributed by atoms with E-state index < -0.39 is 17.9 Å². The van der Waals surface area contributed by atoms with Crippen LogP contribution in [-0.2, 0) is 9.53 Å². The highest BCUT2D eigenvalue weighted by Crippen LogP contribution is 2.28. The second-order valence-corrected chi connectivity index (χ2v) is 7.64. The SMILES string of the molecule is Cc1ccnc(C(=O)NC(CC2CCCCC2)C(=O)OC2CCNC2)c1O. The van der Waals surface area contributed by atoms with Gasteiger partial charge in [0.05, 0.1) is 0 Å². The lowest BCUT2D eigenvalue weighted by molar-refractivity contribution is -0.151. The van der Waals surface area contributed by atoms with Gasteiger partial charge in [0.25, 0.3) is 5.91 Å². The number of ether oxygens (including phenoxy) is 1. The molecule has 2 fully saturated rings. The van der Waals surface area contributed by atoms with Crippen LogP contribution < -0.4 is 10.6 Å². The lowest BCUT2D eigenvalue weighted by Gasteiger charge is -2.27. The Labute approximate surface area is 159 Å². The Kier molecular flexibility index (Phi) is 6.66. The molecule has 0 bridgehead atoms. The number of nitrogens with zero attached hydrogens (tertiary/aromatic N) is 1. The molecule has 7 heteroatoms. The molecule has 0 aromatic carbocycles. The molecule has 1 aliphatic heterocycles. The van der Waals surface area contributed by atoms with Gasteiger partial charge in [0.15, 0.2) is 5.69 Å². The number of hydrogen-bond acceptors (Lipinski definition) is 6. The van der Waals surface area contributed by atoms with Crippen LogP contribution in [-0.4, -0.2) is 47.2 Å². The highest BCUT2D eigenvalue weighted by Gasteiger charge is 2.31. The van der Waals surface area contributed by atoms with Gasteiger partial charge in [-0.1, -0.05) is 32.1 Å². The van der Waals surface area contributed by atoms with Crippen molar-refractivity contribution >= 4 is 11.9 Å². The third kappa shape index (κ3) is 5.19. The van der Waals surface area contributed by atoms with E-state index in [1.165, 1.54) is 12.6 Å². The topological polar surface area (TPSA) is 101 Å². The van der Waals surface area contributed by atoms with E-state index in [0.29, 0.717) is 24.4 Å². The standard InChI is InChI=1S/C20H29N3O4/c1-13-7-10-22-17(18(13)24)19(25)23-16(11-14-5-3-2-4-6-14)20(26)27-15-8-9-21-12-15/h7,10,14-16,21,24H,2-6,8-9,11-12H2,1H3,(H,23,25). The zero-order chi connectivity index (χ0) is 19.2. The molecule has 3 rings (SSSR count). The molecule has 1 saturated carbocycles. The van der Waals surface area contributed by atoms with E-state index in [-0.39, 0.29) is 17.5 Å². The minimum atomic E-state index is -0.720. The number of pyridine rings is 1. The molecule has 1 amide bonds. The number of nitrogens with one attached hydrogen (secondary N) is 2. The Hall–Kier alpha value is -2.15. The average Bonchev–Trinajstić information content (AvgIpc) is 3.17. The number of esters is 1. The first kappa shape index (κ1) is 19.6. The molecular formula is C20H29N3O4. The maximum atomic E-state index is 12.7. The van der Waals surface area contributed by atoms with Crippen LogP contribution in [0.25, 0.3) is 0 Å². The third-order valence-electron chi connectivity index (χ3n) is 5.52. The summed E-state index contributed by atoms with van der Waals surface area (Å²) in [6.07, 6.45) is 8.37. The van der Waals surface area contributed by atoms with Crippen LogP contribution in [0.4, 0.5) is 0 Å². The Morgan fingerprint density at radius 2 is 2.11 bits per heavy atom. The number of carbonyl (C=O) groups excluding carboxylic acids is 2. The highest BCUT2D eigenvalue weighted by molar-refractivity contribution is 5.97. The molecule has 1 aromatic heterocycles. The quantitative estimate of drug-likeness (QED) is 0.658. The van der Waals surface area contributed by atoms with Gasteiger partial charge in [-0.05, 0) is 43.9 Å². The van der Waals surface area contributed by atoms with Gasteiger partial charge in [0, 0.05) is 12.7 Å². The van der Waals surface area contributed by atoms with E-state index in [0.717, 1.165) is 38.6 Å². The van der Waals surface area contributed by atoms with E-state index in [1.807, 2.05) is 0 Å². The second kappa shape index (κ2) is 9.17. The van der Waals surface area contributed by atoms with Crippen molar-refractivity contribution in [2.45, 2.75) is 64.0 Å². The molecular weight excluding hydrogens is 346 g/mol. The number of amides is 1. The second-order valence-electron chi connectivity index (χ2n) is 7.64. The molecule has 0 spiro atoms. The zero-order valence-corrected chi connectivity index (χ0v) is 15.9. The van der Waals surface area contributed by atoms with Gasteiger partial charge >= 0.3 is 5.97 Å². The molecule has 1 aromatic rings. The summed E-state index contributed by atoms with van der Waals surface area (Å²) >= 11 is 0. The number of rotatable bonds is 6. The number of aryl methyl sites for hydroxylation is 1. The first-order valence-electron chi connectivity index (χ1n) is 9.91. The van der Waals surface area contributed by atoms with Crippen LogP contribution in [0, 0.1) is 12.8 Å². The predicted molar refractivity (Wildman–Crippen MR) is 100 cm³/mol. The molecule has 27 heavy (non-hydrogen) atoms. The van der Waals surface area contributed by atoms with Crippen molar-refractivity contribution in [3.63, 3.8) is 0 Å². The van der Waals surface area contributed by atoms with Gasteiger partial charge in [-0.3, -0.25) is 4.79 Å². The van der Waals surface area contributed by atoms with E-state index >= 15 is 0 Å². The number of aromatic hydroxyl groups is 1. The fraction of sp³-hybridized carbons (Fsp3) is 0.650. The first-order valence-corrected chi connectivity index (χ1v) is 9.91. The van der Waals surface area contributed by atoms with Crippen LogP contribution in [0.2, 0.25) is 0 Å². The van der Waals surface area contributed by atoms with Crippen molar-refractivity contribution < 1.29 is 19.4 Å². The van der Waals surface area contributed by atoms with Crippen molar-refractivity contribution in [1.82, 2.24) is 15.6 Å². The summed E-state index contributed by atoms with van der Waals surface area (Å²) in [5.74, 6) is -0.689. The minimum absolute atomic E-state index is 0.0565. The van der Waals surface area contributed by atoms with Crippen molar-refractivity contribution in [3.8, 4) is 5.75 Å². The maximum Gasteiger partial charge on any atom is 0.328 e. The Balaban J connectivity index is 1.70. The van der Waals surface area contributed by atoms with E-state index in [4.69, 9.17) is 4.74 Å². The lowest BCUT2D eigenvalue weighted by Crippen LogP contribution is -2.44. The van der Waals surface area contributed by atoms with Gasteiger partial charge in [-0.25, -0.2) is 9.78 Å². The average molecular weight is 375 g/mol. The third-order valence-corrected chi connectivity index (χ3v) is 5.52. The summed E-state index contributed by atoms with van der Waals surface area (Å²) in [6, 6.07) is 0.912. The van der Waals surface area contributed by atoms with Crippen LogP contribution >= 0.6 is 0 Å². The Bertz CT molecular complexity index is 667. The summed E-state index contributed by atoms with van der Waals surface area (Å²) < 4.78 is 5.61. The molecule has 2 atom stereocenters. The lowest BCUT2D eigenvalue weighted by atomic mass is 9.84. The number of aromatic nitrogens is 1. The smallest absolute Gasteiger partial charge is 0.328 e. The fourth-order valence-electron chi connectivity index (χ4n) is 3.89. The van der Waals surface area contributed by atoms with Crippen LogP contribution in [0.1, 0.15) is 61.0 Å². The van der Waals surface area contributed by atoms with Gasteiger partial charge in [0.2, 0.25) is 0 Å². The fourth-order valence-corrected chi connectivity index (χ4v) is 3.89. The van der Waals surface area contributed by atoms with E-state index in [9.17, 15) is 14.7 Å². The van der Waals surface area contributed by atoms with Gasteiger partial charge in [-0.15, -0.1) is 0 Å².